The Bertz CT molecular complexity index is 588. The number of rotatable bonds is 6. The Labute approximate surface area is 138 Å². The second-order valence-electron chi connectivity index (χ2n) is 6.25. The summed E-state index contributed by atoms with van der Waals surface area (Å²) in [5.41, 5.74) is 0. The van der Waals surface area contributed by atoms with E-state index in [-0.39, 0.29) is 12.1 Å². The van der Waals surface area contributed by atoms with Crippen LogP contribution < -0.4 is 0 Å². The van der Waals surface area contributed by atoms with Gasteiger partial charge in [-0.1, -0.05) is 0 Å². The molecule has 0 radical (unpaired) electrons. The summed E-state index contributed by atoms with van der Waals surface area (Å²) in [6.07, 6.45) is 9.01. The zero-order chi connectivity index (χ0) is 16.3. The number of hydrogen-bond acceptors (Lipinski definition) is 4. The number of piperidine rings is 1. The minimum absolute atomic E-state index is 0.0154. The lowest BCUT2D eigenvalue weighted by Crippen LogP contribution is -2.51. The summed E-state index contributed by atoms with van der Waals surface area (Å²) in [7, 11) is -3.41. The first-order valence-electron chi connectivity index (χ1n) is 8.45. The third-order valence-electron chi connectivity index (χ3n) is 4.67. The van der Waals surface area contributed by atoms with Crippen molar-refractivity contribution in [2.24, 2.45) is 0 Å². The van der Waals surface area contributed by atoms with Crippen LogP contribution in [-0.4, -0.2) is 65.0 Å². The van der Waals surface area contributed by atoms with E-state index in [9.17, 15) is 8.42 Å². The van der Waals surface area contributed by atoms with Crippen molar-refractivity contribution in [3.05, 3.63) is 18.7 Å². The van der Waals surface area contributed by atoms with Gasteiger partial charge in [-0.2, -0.15) is 17.0 Å². The van der Waals surface area contributed by atoms with Gasteiger partial charge in [-0.15, -0.1) is 0 Å². The highest BCUT2D eigenvalue weighted by Gasteiger charge is 2.39. The van der Waals surface area contributed by atoms with E-state index in [0.29, 0.717) is 32.8 Å². The second kappa shape index (κ2) is 7.29. The van der Waals surface area contributed by atoms with Gasteiger partial charge in [0.05, 0.1) is 12.4 Å². The van der Waals surface area contributed by atoms with Gasteiger partial charge in [0.1, 0.15) is 0 Å². The number of imidazole rings is 1. The molecule has 2 fully saturated rings. The van der Waals surface area contributed by atoms with Gasteiger partial charge in [-0.25, -0.2) is 4.98 Å². The van der Waals surface area contributed by atoms with E-state index < -0.39 is 10.2 Å². The van der Waals surface area contributed by atoms with Gasteiger partial charge >= 0.3 is 0 Å². The van der Waals surface area contributed by atoms with Crippen molar-refractivity contribution in [1.82, 2.24) is 18.2 Å². The minimum Gasteiger partial charge on any atom is -0.377 e. The van der Waals surface area contributed by atoms with Gasteiger partial charge in [0, 0.05) is 51.2 Å². The van der Waals surface area contributed by atoms with Crippen LogP contribution in [0.3, 0.4) is 0 Å². The lowest BCUT2D eigenvalue weighted by Gasteiger charge is -2.36. The zero-order valence-electron chi connectivity index (χ0n) is 13.7. The lowest BCUT2D eigenvalue weighted by molar-refractivity contribution is 0.0250. The molecule has 1 aromatic heterocycles. The molecular weight excluding hydrogens is 316 g/mol. The molecule has 3 rings (SSSR count). The SMILES string of the molecule is CCOC1CCCN(S(=O)(=O)N2CCCC2Cn2ccnc2)C1. The molecule has 0 N–H and O–H groups in total. The number of ether oxygens (including phenoxy) is 1. The molecule has 3 heterocycles. The molecule has 0 spiro atoms. The summed E-state index contributed by atoms with van der Waals surface area (Å²) < 4.78 is 37.0. The summed E-state index contributed by atoms with van der Waals surface area (Å²) in [5, 5.41) is 0. The van der Waals surface area contributed by atoms with Crippen molar-refractivity contribution in [2.45, 2.75) is 51.3 Å². The van der Waals surface area contributed by atoms with Gasteiger partial charge in [0.25, 0.3) is 10.2 Å². The summed E-state index contributed by atoms with van der Waals surface area (Å²) in [4.78, 5) is 4.04. The standard InChI is InChI=1S/C15H26N4O3S/c1-2-22-15-6-4-8-18(12-15)23(20,21)19-9-3-5-14(19)11-17-10-7-16-13-17/h7,10,13-15H,2-6,8-9,11-12H2,1H3. The van der Waals surface area contributed by atoms with E-state index >= 15 is 0 Å². The van der Waals surface area contributed by atoms with Gasteiger partial charge < -0.3 is 9.30 Å². The number of aromatic nitrogens is 2. The van der Waals surface area contributed by atoms with Crippen molar-refractivity contribution < 1.29 is 13.2 Å². The van der Waals surface area contributed by atoms with E-state index in [0.717, 1.165) is 25.7 Å². The largest absolute Gasteiger partial charge is 0.377 e. The monoisotopic (exact) mass is 342 g/mol. The third-order valence-corrected chi connectivity index (χ3v) is 6.73. The van der Waals surface area contributed by atoms with E-state index in [4.69, 9.17) is 4.74 Å². The Kier molecular flexibility index (Phi) is 5.35. The molecule has 0 amide bonds. The maximum absolute atomic E-state index is 13.0. The molecule has 2 atom stereocenters. The Morgan fingerprint density at radius 3 is 2.83 bits per heavy atom. The Balaban J connectivity index is 1.70. The number of hydrogen-bond donors (Lipinski definition) is 0. The molecule has 23 heavy (non-hydrogen) atoms. The van der Waals surface area contributed by atoms with Crippen LogP contribution in [0.25, 0.3) is 0 Å². The molecule has 8 heteroatoms. The molecule has 7 nitrogen and oxygen atoms in total. The lowest BCUT2D eigenvalue weighted by atomic mass is 10.1. The fourth-order valence-electron chi connectivity index (χ4n) is 3.57. The quantitative estimate of drug-likeness (QED) is 0.776. The smallest absolute Gasteiger partial charge is 0.282 e. The fraction of sp³-hybridized carbons (Fsp3) is 0.800. The molecule has 0 saturated carbocycles. The Morgan fingerprint density at radius 1 is 1.26 bits per heavy atom. The second-order valence-corrected chi connectivity index (χ2v) is 8.13. The van der Waals surface area contributed by atoms with Crippen LogP contribution in [0.5, 0.6) is 0 Å². The van der Waals surface area contributed by atoms with Crippen molar-refractivity contribution in [3.63, 3.8) is 0 Å². The molecule has 1 aromatic rings. The maximum atomic E-state index is 13.0. The van der Waals surface area contributed by atoms with E-state index in [1.807, 2.05) is 17.7 Å². The molecule has 0 aromatic carbocycles. The van der Waals surface area contributed by atoms with Crippen molar-refractivity contribution in [3.8, 4) is 0 Å². The maximum Gasteiger partial charge on any atom is 0.282 e. The van der Waals surface area contributed by atoms with Gasteiger partial charge in [0.2, 0.25) is 0 Å². The molecule has 2 saturated heterocycles. The van der Waals surface area contributed by atoms with Crippen LogP contribution in [0.2, 0.25) is 0 Å². The molecular formula is C15H26N4O3S. The summed E-state index contributed by atoms with van der Waals surface area (Å²) in [6.45, 7) is 4.94. The first-order chi connectivity index (χ1) is 11.1. The molecule has 0 aliphatic carbocycles. The van der Waals surface area contributed by atoms with Crippen LogP contribution in [0.4, 0.5) is 0 Å². The van der Waals surface area contributed by atoms with Crippen molar-refractivity contribution in [2.75, 3.05) is 26.2 Å². The van der Waals surface area contributed by atoms with E-state index in [1.165, 1.54) is 0 Å². The van der Waals surface area contributed by atoms with E-state index in [2.05, 4.69) is 4.98 Å². The van der Waals surface area contributed by atoms with Gasteiger partial charge in [0.15, 0.2) is 0 Å². The van der Waals surface area contributed by atoms with Gasteiger partial charge in [-0.05, 0) is 32.6 Å². The van der Waals surface area contributed by atoms with Crippen molar-refractivity contribution in [1.29, 1.82) is 0 Å². The van der Waals surface area contributed by atoms with Crippen LogP contribution in [0, 0.1) is 0 Å². The van der Waals surface area contributed by atoms with Crippen LogP contribution in [0.1, 0.15) is 32.6 Å². The minimum atomic E-state index is -3.41. The zero-order valence-corrected chi connectivity index (χ0v) is 14.5. The molecule has 0 bridgehead atoms. The molecule has 130 valence electrons. The predicted molar refractivity (Wildman–Crippen MR) is 87.1 cm³/mol. The molecule has 2 aliphatic heterocycles. The summed E-state index contributed by atoms with van der Waals surface area (Å²) in [5.74, 6) is 0. The average molecular weight is 342 g/mol. The van der Waals surface area contributed by atoms with E-state index in [1.54, 1.807) is 21.1 Å². The average Bonchev–Trinajstić information content (AvgIpc) is 3.20. The Morgan fingerprint density at radius 2 is 2.09 bits per heavy atom. The first kappa shape index (κ1) is 16.9. The Hall–Kier alpha value is -0.960. The third kappa shape index (κ3) is 3.76. The topological polar surface area (TPSA) is 67.7 Å². The van der Waals surface area contributed by atoms with Crippen LogP contribution in [0.15, 0.2) is 18.7 Å². The highest BCUT2D eigenvalue weighted by Crippen LogP contribution is 2.27. The van der Waals surface area contributed by atoms with Crippen molar-refractivity contribution >= 4 is 10.2 Å². The van der Waals surface area contributed by atoms with Crippen LogP contribution >= 0.6 is 0 Å². The summed E-state index contributed by atoms with van der Waals surface area (Å²) >= 11 is 0. The number of nitrogens with zero attached hydrogens (tertiary/aromatic N) is 4. The molecule has 2 aliphatic rings. The fourth-order valence-corrected chi connectivity index (χ4v) is 5.49. The first-order valence-corrected chi connectivity index (χ1v) is 9.85. The summed E-state index contributed by atoms with van der Waals surface area (Å²) in [6, 6.07) is 0.0154. The highest BCUT2D eigenvalue weighted by atomic mass is 32.2. The normalized spacial score (nSPS) is 27.5. The van der Waals surface area contributed by atoms with Gasteiger partial charge in [-0.3, -0.25) is 0 Å². The highest BCUT2D eigenvalue weighted by molar-refractivity contribution is 7.86. The predicted octanol–water partition coefficient (Wildman–Crippen LogP) is 1.09. The molecule has 2 unspecified atom stereocenters. The van der Waals surface area contributed by atoms with Crippen LogP contribution in [-0.2, 0) is 21.5 Å².